The van der Waals surface area contributed by atoms with Gasteiger partial charge in [-0.25, -0.2) is 0 Å². The van der Waals surface area contributed by atoms with E-state index in [0.29, 0.717) is 31.2 Å². The molecule has 1 fully saturated rings. The minimum absolute atomic E-state index is 0.0572. The van der Waals surface area contributed by atoms with E-state index in [1.807, 2.05) is 27.7 Å². The second kappa shape index (κ2) is 7.43. The van der Waals surface area contributed by atoms with E-state index in [4.69, 9.17) is 9.84 Å². The third-order valence-electron chi connectivity index (χ3n) is 3.16. The van der Waals surface area contributed by atoms with Crippen molar-refractivity contribution in [2.75, 3.05) is 19.8 Å². The molecule has 0 aromatic rings. The zero-order valence-electron chi connectivity index (χ0n) is 12.7. The number of rotatable bonds is 8. The molecule has 1 atom stereocenters. The molecule has 1 aliphatic rings. The summed E-state index contributed by atoms with van der Waals surface area (Å²) in [6, 6.07) is 0. The molecule has 0 aromatic carbocycles. The molecule has 116 valence electrons. The lowest BCUT2D eigenvalue weighted by atomic mass is 10.1. The van der Waals surface area contributed by atoms with Crippen molar-refractivity contribution < 1.29 is 19.4 Å². The predicted molar refractivity (Wildman–Crippen MR) is 79.6 cm³/mol. The molecule has 1 N–H and O–H groups in total. The van der Waals surface area contributed by atoms with E-state index in [9.17, 15) is 9.59 Å². The molecule has 20 heavy (non-hydrogen) atoms. The fourth-order valence-electron chi connectivity index (χ4n) is 2.08. The lowest BCUT2D eigenvalue weighted by molar-refractivity contribution is -0.140. The van der Waals surface area contributed by atoms with Crippen LogP contribution >= 0.6 is 11.8 Å². The molecule has 1 rings (SSSR count). The number of hydrogen-bond acceptors (Lipinski definition) is 5. The quantitative estimate of drug-likeness (QED) is 0.687. The van der Waals surface area contributed by atoms with E-state index in [1.54, 1.807) is 0 Å². The van der Waals surface area contributed by atoms with E-state index in [-0.39, 0.29) is 23.7 Å². The predicted octanol–water partition coefficient (Wildman–Crippen LogP) is 1.43. The van der Waals surface area contributed by atoms with Crippen LogP contribution in [0.1, 0.15) is 40.5 Å². The van der Waals surface area contributed by atoms with E-state index in [1.165, 1.54) is 16.7 Å². The number of hydrogen-bond donors (Lipinski definition) is 1. The molecule has 2 amide bonds. The standard InChI is InChI=1S/C14H25NO4S/c1-10(2)20-11-9-12(17)15(13(11)18)6-8-19-14(3,4)5-7-16/h10-11,16H,5-9H2,1-4H3. The van der Waals surface area contributed by atoms with Gasteiger partial charge in [0.2, 0.25) is 11.8 Å². The van der Waals surface area contributed by atoms with Gasteiger partial charge in [-0.05, 0) is 25.5 Å². The summed E-state index contributed by atoms with van der Waals surface area (Å²) in [6.45, 7) is 8.46. The first-order valence-corrected chi connectivity index (χ1v) is 7.95. The van der Waals surface area contributed by atoms with Gasteiger partial charge in [0.25, 0.3) is 0 Å². The van der Waals surface area contributed by atoms with Crippen LogP contribution in [0.15, 0.2) is 0 Å². The summed E-state index contributed by atoms with van der Waals surface area (Å²) in [5.41, 5.74) is -0.438. The molecule has 0 spiro atoms. The molecule has 0 saturated carbocycles. The molecular formula is C14H25NO4S. The first-order chi connectivity index (χ1) is 9.26. The maximum absolute atomic E-state index is 12.1. The average Bonchev–Trinajstić information content (AvgIpc) is 2.55. The number of likely N-dealkylation sites (tertiary alicyclic amines) is 1. The van der Waals surface area contributed by atoms with E-state index in [0.717, 1.165) is 0 Å². The fourth-order valence-corrected chi connectivity index (χ4v) is 3.22. The first-order valence-electron chi connectivity index (χ1n) is 7.01. The topological polar surface area (TPSA) is 66.8 Å². The van der Waals surface area contributed by atoms with Crippen LogP contribution in [0, 0.1) is 0 Å². The van der Waals surface area contributed by atoms with Crippen LogP contribution in [0.5, 0.6) is 0 Å². The van der Waals surface area contributed by atoms with Gasteiger partial charge in [-0.1, -0.05) is 13.8 Å². The summed E-state index contributed by atoms with van der Waals surface area (Å²) in [5, 5.41) is 9.00. The average molecular weight is 303 g/mol. The molecule has 1 aliphatic heterocycles. The first kappa shape index (κ1) is 17.5. The highest BCUT2D eigenvalue weighted by Gasteiger charge is 2.39. The number of carbonyl (C=O) groups is 2. The number of nitrogens with zero attached hydrogens (tertiary/aromatic N) is 1. The van der Waals surface area contributed by atoms with Crippen molar-refractivity contribution in [3.8, 4) is 0 Å². The zero-order valence-corrected chi connectivity index (χ0v) is 13.5. The Balaban J connectivity index is 2.44. The van der Waals surface area contributed by atoms with Gasteiger partial charge < -0.3 is 9.84 Å². The number of imide groups is 1. The van der Waals surface area contributed by atoms with Crippen LogP contribution in [-0.4, -0.2) is 57.7 Å². The molecule has 1 saturated heterocycles. The van der Waals surface area contributed by atoms with Crippen molar-refractivity contribution in [1.82, 2.24) is 4.90 Å². The summed E-state index contributed by atoms with van der Waals surface area (Å²) in [5.74, 6) is -0.214. The van der Waals surface area contributed by atoms with Crippen LogP contribution in [0.25, 0.3) is 0 Å². The summed E-state index contributed by atoms with van der Waals surface area (Å²) < 4.78 is 5.63. The minimum Gasteiger partial charge on any atom is -0.396 e. The van der Waals surface area contributed by atoms with Crippen molar-refractivity contribution in [2.24, 2.45) is 0 Å². The second-order valence-electron chi connectivity index (χ2n) is 5.84. The Morgan fingerprint density at radius 2 is 2.10 bits per heavy atom. The van der Waals surface area contributed by atoms with Gasteiger partial charge in [0, 0.05) is 13.0 Å². The number of aliphatic hydroxyl groups excluding tert-OH is 1. The Morgan fingerprint density at radius 3 is 2.65 bits per heavy atom. The molecule has 1 heterocycles. The van der Waals surface area contributed by atoms with Crippen LogP contribution in [-0.2, 0) is 14.3 Å². The molecule has 0 radical (unpaired) electrons. The normalized spacial score (nSPS) is 20.3. The largest absolute Gasteiger partial charge is 0.396 e. The highest BCUT2D eigenvalue weighted by atomic mass is 32.2. The van der Waals surface area contributed by atoms with Gasteiger partial charge in [0.15, 0.2) is 0 Å². The lowest BCUT2D eigenvalue weighted by Gasteiger charge is -2.25. The third kappa shape index (κ3) is 5.07. The van der Waals surface area contributed by atoms with Crippen molar-refractivity contribution in [3.05, 3.63) is 0 Å². The van der Waals surface area contributed by atoms with Gasteiger partial charge in [0.1, 0.15) is 0 Å². The van der Waals surface area contributed by atoms with Crippen molar-refractivity contribution in [3.63, 3.8) is 0 Å². The molecule has 0 aliphatic carbocycles. The summed E-state index contributed by atoms with van der Waals surface area (Å²) in [7, 11) is 0. The highest BCUT2D eigenvalue weighted by molar-refractivity contribution is 8.01. The number of aliphatic hydroxyl groups is 1. The van der Waals surface area contributed by atoms with Gasteiger partial charge in [-0.3, -0.25) is 14.5 Å². The monoisotopic (exact) mass is 303 g/mol. The number of thioether (sulfide) groups is 1. The van der Waals surface area contributed by atoms with Crippen LogP contribution in [0.2, 0.25) is 0 Å². The fraction of sp³-hybridized carbons (Fsp3) is 0.857. The molecule has 6 heteroatoms. The zero-order chi connectivity index (χ0) is 15.3. The van der Waals surface area contributed by atoms with Crippen molar-refractivity contribution in [2.45, 2.75) is 56.6 Å². The SMILES string of the molecule is CC(C)SC1CC(=O)N(CCOC(C)(C)CCO)C1=O. The van der Waals surface area contributed by atoms with Crippen molar-refractivity contribution in [1.29, 1.82) is 0 Å². The van der Waals surface area contributed by atoms with Gasteiger partial charge in [-0.15, -0.1) is 11.8 Å². The maximum atomic E-state index is 12.1. The Kier molecular flexibility index (Phi) is 6.48. The number of ether oxygens (including phenoxy) is 1. The maximum Gasteiger partial charge on any atom is 0.242 e. The van der Waals surface area contributed by atoms with E-state index >= 15 is 0 Å². The molecule has 5 nitrogen and oxygen atoms in total. The molecule has 0 aromatic heterocycles. The molecule has 0 bridgehead atoms. The minimum atomic E-state index is -0.438. The van der Waals surface area contributed by atoms with Gasteiger partial charge >= 0.3 is 0 Å². The van der Waals surface area contributed by atoms with Gasteiger partial charge in [0.05, 0.1) is 24.0 Å². The van der Waals surface area contributed by atoms with E-state index < -0.39 is 5.60 Å². The van der Waals surface area contributed by atoms with E-state index in [2.05, 4.69) is 0 Å². The third-order valence-corrected chi connectivity index (χ3v) is 4.40. The van der Waals surface area contributed by atoms with Crippen molar-refractivity contribution >= 4 is 23.6 Å². The summed E-state index contributed by atoms with van der Waals surface area (Å²) >= 11 is 1.54. The molecule has 1 unspecified atom stereocenters. The van der Waals surface area contributed by atoms with Crippen LogP contribution < -0.4 is 0 Å². The Labute approximate surface area is 125 Å². The second-order valence-corrected chi connectivity index (χ2v) is 7.63. The Morgan fingerprint density at radius 1 is 1.45 bits per heavy atom. The lowest BCUT2D eigenvalue weighted by Crippen LogP contribution is -2.37. The molecular weight excluding hydrogens is 278 g/mol. The number of amides is 2. The summed E-state index contributed by atoms with van der Waals surface area (Å²) in [4.78, 5) is 25.3. The van der Waals surface area contributed by atoms with Gasteiger partial charge in [-0.2, -0.15) is 0 Å². The summed E-state index contributed by atoms with van der Waals surface area (Å²) in [6.07, 6.45) is 0.822. The Hall–Kier alpha value is -0.590. The van der Waals surface area contributed by atoms with Crippen LogP contribution in [0.4, 0.5) is 0 Å². The highest BCUT2D eigenvalue weighted by Crippen LogP contribution is 2.28. The smallest absolute Gasteiger partial charge is 0.242 e. The Bertz CT molecular complexity index is 357. The van der Waals surface area contributed by atoms with Crippen LogP contribution in [0.3, 0.4) is 0 Å². The number of carbonyl (C=O) groups excluding carboxylic acids is 2.